The highest BCUT2D eigenvalue weighted by Gasteiger charge is 2.21. The monoisotopic (exact) mass is 259 g/mol. The SMILES string of the molecule is CCCCC(Sc1nc(C)cs1)C(=O)OC. The summed E-state index contributed by atoms with van der Waals surface area (Å²) in [4.78, 5) is 15.9. The second-order valence-corrected chi connectivity index (χ2v) is 5.83. The van der Waals surface area contributed by atoms with Crippen LogP contribution in [0, 0.1) is 6.92 Å². The van der Waals surface area contributed by atoms with Crippen LogP contribution < -0.4 is 0 Å². The number of thiazole rings is 1. The highest BCUT2D eigenvalue weighted by molar-refractivity contribution is 8.02. The van der Waals surface area contributed by atoms with Gasteiger partial charge >= 0.3 is 5.97 Å². The van der Waals surface area contributed by atoms with Crippen LogP contribution in [0.25, 0.3) is 0 Å². The molecule has 90 valence electrons. The number of nitrogens with zero attached hydrogens (tertiary/aromatic N) is 1. The second kappa shape index (κ2) is 6.91. The molecule has 0 aliphatic rings. The van der Waals surface area contributed by atoms with Crippen molar-refractivity contribution >= 4 is 29.1 Å². The van der Waals surface area contributed by atoms with E-state index in [0.717, 1.165) is 29.3 Å². The number of ether oxygens (including phenoxy) is 1. The molecule has 0 aromatic carbocycles. The molecule has 3 nitrogen and oxygen atoms in total. The Morgan fingerprint density at radius 1 is 1.69 bits per heavy atom. The molecular formula is C11H17NO2S2. The van der Waals surface area contributed by atoms with Gasteiger partial charge in [-0.2, -0.15) is 0 Å². The first-order chi connectivity index (χ1) is 7.67. The number of hydrogen-bond acceptors (Lipinski definition) is 5. The maximum atomic E-state index is 11.6. The van der Waals surface area contributed by atoms with Crippen molar-refractivity contribution < 1.29 is 9.53 Å². The van der Waals surface area contributed by atoms with Gasteiger partial charge < -0.3 is 4.74 Å². The predicted molar refractivity (Wildman–Crippen MR) is 68.0 cm³/mol. The van der Waals surface area contributed by atoms with Crippen LogP contribution in [-0.4, -0.2) is 23.3 Å². The lowest BCUT2D eigenvalue weighted by Gasteiger charge is -2.11. The average Bonchev–Trinajstić information content (AvgIpc) is 2.69. The Morgan fingerprint density at radius 2 is 2.44 bits per heavy atom. The zero-order valence-electron chi connectivity index (χ0n) is 9.86. The molecule has 1 aromatic heterocycles. The average molecular weight is 259 g/mol. The van der Waals surface area contributed by atoms with Gasteiger partial charge in [-0.05, 0) is 13.3 Å². The highest BCUT2D eigenvalue weighted by atomic mass is 32.2. The largest absolute Gasteiger partial charge is 0.468 e. The Kier molecular flexibility index (Phi) is 5.84. The van der Waals surface area contributed by atoms with E-state index < -0.39 is 0 Å². The maximum absolute atomic E-state index is 11.6. The molecule has 0 bridgehead atoms. The molecule has 1 unspecified atom stereocenters. The molecule has 0 spiro atoms. The van der Waals surface area contributed by atoms with Crippen LogP contribution in [-0.2, 0) is 9.53 Å². The first-order valence-electron chi connectivity index (χ1n) is 5.34. The fourth-order valence-electron chi connectivity index (χ4n) is 1.25. The lowest BCUT2D eigenvalue weighted by molar-refractivity contribution is -0.140. The van der Waals surface area contributed by atoms with Crippen molar-refractivity contribution in [2.75, 3.05) is 7.11 Å². The van der Waals surface area contributed by atoms with E-state index in [0.29, 0.717) is 0 Å². The van der Waals surface area contributed by atoms with Gasteiger partial charge in [-0.15, -0.1) is 11.3 Å². The number of rotatable bonds is 6. The lowest BCUT2D eigenvalue weighted by atomic mass is 10.2. The zero-order chi connectivity index (χ0) is 12.0. The Bertz CT molecular complexity index is 338. The van der Waals surface area contributed by atoms with Crippen molar-refractivity contribution in [2.24, 2.45) is 0 Å². The van der Waals surface area contributed by atoms with Gasteiger partial charge in [-0.1, -0.05) is 31.5 Å². The van der Waals surface area contributed by atoms with Crippen LogP contribution in [0.15, 0.2) is 9.72 Å². The molecule has 0 saturated heterocycles. The number of aryl methyl sites for hydroxylation is 1. The van der Waals surface area contributed by atoms with E-state index in [-0.39, 0.29) is 11.2 Å². The molecule has 0 aliphatic carbocycles. The van der Waals surface area contributed by atoms with Crippen molar-refractivity contribution in [3.63, 3.8) is 0 Å². The number of unbranched alkanes of at least 4 members (excludes halogenated alkanes) is 1. The van der Waals surface area contributed by atoms with Gasteiger partial charge in [-0.25, -0.2) is 4.98 Å². The first kappa shape index (κ1) is 13.5. The molecule has 1 atom stereocenters. The molecule has 0 amide bonds. The third-order valence-electron chi connectivity index (χ3n) is 2.12. The van der Waals surface area contributed by atoms with Crippen LogP contribution in [0.2, 0.25) is 0 Å². The van der Waals surface area contributed by atoms with Crippen LogP contribution in [0.3, 0.4) is 0 Å². The number of carbonyl (C=O) groups is 1. The lowest BCUT2D eigenvalue weighted by Crippen LogP contribution is -2.18. The molecule has 1 rings (SSSR count). The molecule has 5 heteroatoms. The molecule has 1 aromatic rings. The summed E-state index contributed by atoms with van der Waals surface area (Å²) < 4.78 is 5.75. The van der Waals surface area contributed by atoms with Crippen LogP contribution >= 0.6 is 23.1 Å². The fourth-order valence-corrected chi connectivity index (χ4v) is 3.41. The van der Waals surface area contributed by atoms with Crippen LogP contribution in [0.1, 0.15) is 31.9 Å². The van der Waals surface area contributed by atoms with Crippen LogP contribution in [0.5, 0.6) is 0 Å². The highest BCUT2D eigenvalue weighted by Crippen LogP contribution is 2.30. The van der Waals surface area contributed by atoms with Gasteiger partial charge in [0.2, 0.25) is 0 Å². The normalized spacial score (nSPS) is 12.4. The van der Waals surface area contributed by atoms with E-state index in [2.05, 4.69) is 11.9 Å². The minimum Gasteiger partial charge on any atom is -0.468 e. The predicted octanol–water partition coefficient (Wildman–Crippen LogP) is 3.28. The fraction of sp³-hybridized carbons (Fsp3) is 0.636. The maximum Gasteiger partial charge on any atom is 0.319 e. The number of carbonyl (C=O) groups excluding carboxylic acids is 1. The summed E-state index contributed by atoms with van der Waals surface area (Å²) in [5.74, 6) is -0.147. The van der Waals surface area contributed by atoms with E-state index in [9.17, 15) is 4.79 Å². The smallest absolute Gasteiger partial charge is 0.319 e. The van der Waals surface area contributed by atoms with Gasteiger partial charge in [0, 0.05) is 11.1 Å². The number of esters is 1. The topological polar surface area (TPSA) is 39.2 Å². The van der Waals surface area contributed by atoms with E-state index >= 15 is 0 Å². The number of thioether (sulfide) groups is 1. The zero-order valence-corrected chi connectivity index (χ0v) is 11.5. The van der Waals surface area contributed by atoms with Gasteiger partial charge in [0.1, 0.15) is 5.25 Å². The van der Waals surface area contributed by atoms with Crippen molar-refractivity contribution in [2.45, 2.75) is 42.7 Å². The summed E-state index contributed by atoms with van der Waals surface area (Å²) in [6.45, 7) is 4.08. The molecule has 0 aliphatic heterocycles. The van der Waals surface area contributed by atoms with Crippen LogP contribution in [0.4, 0.5) is 0 Å². The quantitative estimate of drug-likeness (QED) is 0.580. The van der Waals surface area contributed by atoms with E-state index in [4.69, 9.17) is 4.74 Å². The molecule has 16 heavy (non-hydrogen) atoms. The third-order valence-corrected chi connectivity index (χ3v) is 4.46. The molecule has 0 saturated carbocycles. The van der Waals surface area contributed by atoms with Crippen molar-refractivity contribution in [1.29, 1.82) is 0 Å². The molecule has 0 radical (unpaired) electrons. The van der Waals surface area contributed by atoms with Crippen molar-refractivity contribution in [3.05, 3.63) is 11.1 Å². The summed E-state index contributed by atoms with van der Waals surface area (Å²) in [6, 6.07) is 0. The second-order valence-electron chi connectivity index (χ2n) is 3.53. The van der Waals surface area contributed by atoms with Crippen molar-refractivity contribution in [3.8, 4) is 0 Å². The number of hydrogen-bond donors (Lipinski definition) is 0. The van der Waals surface area contributed by atoms with Gasteiger partial charge in [-0.3, -0.25) is 4.79 Å². The summed E-state index contributed by atoms with van der Waals surface area (Å²) >= 11 is 3.10. The first-order valence-corrected chi connectivity index (χ1v) is 7.10. The molecule has 0 fully saturated rings. The minimum atomic E-state index is -0.147. The molecule has 0 N–H and O–H groups in total. The molecule has 1 heterocycles. The Balaban J connectivity index is 2.59. The number of methoxy groups -OCH3 is 1. The summed E-state index contributed by atoms with van der Waals surface area (Å²) in [6.07, 6.45) is 2.98. The summed E-state index contributed by atoms with van der Waals surface area (Å²) in [7, 11) is 1.44. The van der Waals surface area contributed by atoms with Gasteiger partial charge in [0.25, 0.3) is 0 Å². The summed E-state index contributed by atoms with van der Waals surface area (Å²) in [5.41, 5.74) is 1.01. The third kappa shape index (κ3) is 4.14. The van der Waals surface area contributed by atoms with E-state index in [1.54, 1.807) is 11.3 Å². The van der Waals surface area contributed by atoms with Crippen molar-refractivity contribution in [1.82, 2.24) is 4.98 Å². The van der Waals surface area contributed by atoms with Gasteiger partial charge in [0.15, 0.2) is 4.34 Å². The molecular weight excluding hydrogens is 242 g/mol. The number of aromatic nitrogens is 1. The minimum absolute atomic E-state index is 0.115. The standard InChI is InChI=1S/C11H17NO2S2/c1-4-5-6-9(10(13)14-3)16-11-12-8(2)7-15-11/h7,9H,4-6H2,1-3H3. The van der Waals surface area contributed by atoms with E-state index in [1.807, 2.05) is 12.3 Å². The van der Waals surface area contributed by atoms with Gasteiger partial charge in [0.05, 0.1) is 7.11 Å². The summed E-state index contributed by atoms with van der Waals surface area (Å²) in [5, 5.41) is 1.88. The Labute approximate surface area is 105 Å². The Hall–Kier alpha value is -0.550. The van der Waals surface area contributed by atoms with E-state index in [1.165, 1.54) is 18.9 Å². The Morgan fingerprint density at radius 3 is 2.94 bits per heavy atom.